The molecule has 12 heavy (non-hydrogen) atoms. The van der Waals surface area contributed by atoms with Crippen molar-refractivity contribution < 1.29 is 14.6 Å². The number of rotatable bonds is 1. The smallest absolute Gasteiger partial charge is 0.450 e. The van der Waals surface area contributed by atoms with Crippen LogP contribution in [0.2, 0.25) is 0 Å². The van der Waals surface area contributed by atoms with Crippen LogP contribution < -0.4 is 0 Å². The highest BCUT2D eigenvalue weighted by Crippen LogP contribution is 2.36. The highest BCUT2D eigenvalue weighted by molar-refractivity contribution is 5.57. The Hall–Kier alpha value is -0.730. The van der Waals surface area contributed by atoms with Gasteiger partial charge in [-0.1, -0.05) is 13.8 Å². The van der Waals surface area contributed by atoms with Crippen LogP contribution in [0.4, 0.5) is 4.79 Å². The van der Waals surface area contributed by atoms with Gasteiger partial charge in [0.25, 0.3) is 0 Å². The third kappa shape index (κ3) is 2.72. The quantitative estimate of drug-likeness (QED) is 0.618. The van der Waals surface area contributed by atoms with Crippen molar-refractivity contribution in [2.24, 2.45) is 5.41 Å². The lowest BCUT2D eigenvalue weighted by Gasteiger charge is -2.33. The van der Waals surface area contributed by atoms with Crippen molar-refractivity contribution in [3.63, 3.8) is 0 Å². The van der Waals surface area contributed by atoms with E-state index in [1.807, 2.05) is 0 Å². The third-order valence-corrected chi connectivity index (χ3v) is 2.55. The van der Waals surface area contributed by atoms with Crippen molar-refractivity contribution in [2.45, 2.75) is 45.6 Å². The summed E-state index contributed by atoms with van der Waals surface area (Å²) in [5.74, 6) is 0. The molecule has 0 radical (unpaired) electrons. The Morgan fingerprint density at radius 2 is 1.92 bits per heavy atom. The topological polar surface area (TPSA) is 46.5 Å². The Labute approximate surface area is 72.7 Å². The van der Waals surface area contributed by atoms with E-state index in [1.165, 1.54) is 0 Å². The molecule has 0 aromatic heterocycles. The van der Waals surface area contributed by atoms with Gasteiger partial charge in [0.2, 0.25) is 0 Å². The minimum Gasteiger partial charge on any atom is -0.450 e. The number of hydrogen-bond donors (Lipinski definition) is 1. The molecule has 70 valence electrons. The molecule has 0 heterocycles. The van der Waals surface area contributed by atoms with E-state index in [2.05, 4.69) is 13.8 Å². The van der Waals surface area contributed by atoms with Crippen LogP contribution in [0.15, 0.2) is 0 Å². The Balaban J connectivity index is 2.31. The second-order valence-electron chi connectivity index (χ2n) is 4.25. The highest BCUT2D eigenvalue weighted by atomic mass is 16.7. The molecule has 1 rings (SSSR count). The molecule has 3 heteroatoms. The van der Waals surface area contributed by atoms with Gasteiger partial charge in [-0.15, -0.1) is 0 Å². The molecule has 1 aliphatic rings. The van der Waals surface area contributed by atoms with Crippen LogP contribution in [0.5, 0.6) is 0 Å². The summed E-state index contributed by atoms with van der Waals surface area (Å²) in [7, 11) is 0. The van der Waals surface area contributed by atoms with Gasteiger partial charge in [0.05, 0.1) is 0 Å². The van der Waals surface area contributed by atoms with E-state index in [4.69, 9.17) is 9.84 Å². The van der Waals surface area contributed by atoms with E-state index >= 15 is 0 Å². The van der Waals surface area contributed by atoms with Crippen LogP contribution in [0.3, 0.4) is 0 Å². The summed E-state index contributed by atoms with van der Waals surface area (Å²) in [6.45, 7) is 4.42. The largest absolute Gasteiger partial charge is 0.506 e. The molecular weight excluding hydrogens is 156 g/mol. The minimum atomic E-state index is -1.14. The van der Waals surface area contributed by atoms with Gasteiger partial charge in [0, 0.05) is 0 Å². The summed E-state index contributed by atoms with van der Waals surface area (Å²) in [5, 5.41) is 8.37. The second kappa shape index (κ2) is 3.33. The second-order valence-corrected chi connectivity index (χ2v) is 4.25. The van der Waals surface area contributed by atoms with Gasteiger partial charge in [0.15, 0.2) is 0 Å². The van der Waals surface area contributed by atoms with Crippen LogP contribution in [0.25, 0.3) is 0 Å². The third-order valence-electron chi connectivity index (χ3n) is 2.55. The fourth-order valence-corrected chi connectivity index (χ4v) is 1.63. The number of carbonyl (C=O) groups is 1. The molecule has 0 atom stereocenters. The summed E-state index contributed by atoms with van der Waals surface area (Å²) in [5.41, 5.74) is 0.373. The molecule has 0 amide bonds. The minimum absolute atomic E-state index is 0.0597. The van der Waals surface area contributed by atoms with Crippen molar-refractivity contribution in [1.29, 1.82) is 0 Å². The van der Waals surface area contributed by atoms with Crippen molar-refractivity contribution >= 4 is 6.16 Å². The van der Waals surface area contributed by atoms with Crippen LogP contribution in [-0.2, 0) is 4.74 Å². The molecule has 0 unspecified atom stereocenters. The molecule has 0 spiro atoms. The standard InChI is InChI=1S/C9H16O3/c1-9(2)5-3-7(4-6-9)12-8(10)11/h7H,3-6H2,1-2H3,(H,10,11). The van der Waals surface area contributed by atoms with Crippen molar-refractivity contribution in [2.75, 3.05) is 0 Å². The van der Waals surface area contributed by atoms with Crippen molar-refractivity contribution in [3.05, 3.63) is 0 Å². The van der Waals surface area contributed by atoms with E-state index in [-0.39, 0.29) is 6.10 Å². The van der Waals surface area contributed by atoms with E-state index in [0.717, 1.165) is 25.7 Å². The summed E-state index contributed by atoms with van der Waals surface area (Å²) < 4.78 is 4.70. The summed E-state index contributed by atoms with van der Waals surface area (Å²) in [6, 6.07) is 0. The fourth-order valence-electron chi connectivity index (χ4n) is 1.63. The maximum atomic E-state index is 10.2. The predicted molar refractivity (Wildman–Crippen MR) is 45.1 cm³/mol. The van der Waals surface area contributed by atoms with Gasteiger partial charge in [0.1, 0.15) is 6.10 Å². The van der Waals surface area contributed by atoms with Gasteiger partial charge >= 0.3 is 6.16 Å². The molecule has 0 aromatic rings. The highest BCUT2D eigenvalue weighted by Gasteiger charge is 2.28. The van der Waals surface area contributed by atoms with Crippen molar-refractivity contribution in [1.82, 2.24) is 0 Å². The van der Waals surface area contributed by atoms with E-state index in [9.17, 15) is 4.79 Å². The van der Waals surface area contributed by atoms with Crippen LogP contribution in [-0.4, -0.2) is 17.4 Å². The van der Waals surface area contributed by atoms with Gasteiger partial charge < -0.3 is 9.84 Å². The molecule has 1 N–H and O–H groups in total. The SMILES string of the molecule is CC1(C)CCC(OC(=O)O)CC1. The van der Waals surface area contributed by atoms with Crippen LogP contribution in [0, 0.1) is 5.41 Å². The molecule has 0 aromatic carbocycles. The monoisotopic (exact) mass is 172 g/mol. The molecule has 1 fully saturated rings. The Morgan fingerprint density at radius 3 is 2.33 bits per heavy atom. The fraction of sp³-hybridized carbons (Fsp3) is 0.889. The molecule has 1 saturated carbocycles. The van der Waals surface area contributed by atoms with Gasteiger partial charge in [-0.05, 0) is 31.1 Å². The number of hydrogen-bond acceptors (Lipinski definition) is 2. The molecule has 0 bridgehead atoms. The number of ether oxygens (including phenoxy) is 1. The first-order valence-electron chi connectivity index (χ1n) is 4.39. The maximum absolute atomic E-state index is 10.2. The summed E-state index contributed by atoms with van der Waals surface area (Å²) in [4.78, 5) is 10.2. The Morgan fingerprint density at radius 1 is 1.42 bits per heavy atom. The predicted octanol–water partition coefficient (Wildman–Crippen LogP) is 2.65. The zero-order valence-electron chi connectivity index (χ0n) is 7.67. The average molecular weight is 172 g/mol. The molecule has 3 nitrogen and oxygen atoms in total. The number of carboxylic acid groups (broad SMARTS) is 1. The lowest BCUT2D eigenvalue weighted by molar-refractivity contribution is 0.0174. The molecule has 0 saturated heterocycles. The zero-order valence-corrected chi connectivity index (χ0v) is 7.67. The van der Waals surface area contributed by atoms with Crippen LogP contribution >= 0.6 is 0 Å². The molecule has 0 aliphatic heterocycles. The van der Waals surface area contributed by atoms with Gasteiger partial charge in [-0.3, -0.25) is 0 Å². The Bertz CT molecular complexity index is 165. The van der Waals surface area contributed by atoms with Crippen LogP contribution in [0.1, 0.15) is 39.5 Å². The summed E-state index contributed by atoms with van der Waals surface area (Å²) >= 11 is 0. The Kier molecular flexibility index (Phi) is 2.60. The molecular formula is C9H16O3. The first-order valence-corrected chi connectivity index (χ1v) is 4.39. The lowest BCUT2D eigenvalue weighted by Crippen LogP contribution is -2.27. The lowest BCUT2D eigenvalue weighted by atomic mass is 9.76. The van der Waals surface area contributed by atoms with E-state index in [1.54, 1.807) is 0 Å². The first-order chi connectivity index (χ1) is 5.49. The first kappa shape index (κ1) is 9.36. The van der Waals surface area contributed by atoms with Gasteiger partial charge in [-0.2, -0.15) is 0 Å². The van der Waals surface area contributed by atoms with E-state index < -0.39 is 6.16 Å². The van der Waals surface area contributed by atoms with Gasteiger partial charge in [-0.25, -0.2) is 4.79 Å². The molecule has 1 aliphatic carbocycles. The average Bonchev–Trinajstić information content (AvgIpc) is 1.93. The van der Waals surface area contributed by atoms with Crippen molar-refractivity contribution in [3.8, 4) is 0 Å². The summed E-state index contributed by atoms with van der Waals surface area (Å²) in [6.07, 6.45) is 2.67. The van der Waals surface area contributed by atoms with E-state index in [0.29, 0.717) is 5.41 Å². The maximum Gasteiger partial charge on any atom is 0.506 e. The zero-order chi connectivity index (χ0) is 9.19. The normalized spacial score (nSPS) is 23.5.